The van der Waals surface area contributed by atoms with Gasteiger partial charge < -0.3 is 15.2 Å². The molecule has 3 rings (SSSR count). The lowest BCUT2D eigenvalue weighted by atomic mass is 10.1. The second kappa shape index (κ2) is 7.60. The summed E-state index contributed by atoms with van der Waals surface area (Å²) in [6.07, 6.45) is 0.201. The Morgan fingerprint density at radius 1 is 1.12 bits per heavy atom. The first-order valence-corrected chi connectivity index (χ1v) is 8.93. The normalized spacial score (nSPS) is 10.9. The molecule has 1 amide bonds. The molecule has 4 nitrogen and oxygen atoms in total. The molecule has 0 saturated heterocycles. The number of nitrogens with zero attached hydrogens (tertiary/aromatic N) is 1. The van der Waals surface area contributed by atoms with Crippen molar-refractivity contribution >= 4 is 28.2 Å². The molecule has 0 radical (unpaired) electrons. The fraction of sp³-hybridized carbons (Fsp3) is 0.286. The molecule has 2 aromatic carbocycles. The minimum Gasteiger partial charge on any atom is -0.372 e. The van der Waals surface area contributed by atoms with Crippen LogP contribution in [0.25, 0.3) is 10.9 Å². The van der Waals surface area contributed by atoms with E-state index in [2.05, 4.69) is 29.0 Å². The number of fused-ring (bicyclic) bond motifs is 1. The van der Waals surface area contributed by atoms with E-state index >= 15 is 0 Å². The number of benzene rings is 2. The highest BCUT2D eigenvalue weighted by Crippen LogP contribution is 2.24. The molecule has 1 heterocycles. The van der Waals surface area contributed by atoms with Crippen molar-refractivity contribution in [2.24, 2.45) is 0 Å². The summed E-state index contributed by atoms with van der Waals surface area (Å²) >= 11 is 0. The number of carbonyl (C=O) groups is 1. The van der Waals surface area contributed by atoms with E-state index in [4.69, 9.17) is 0 Å². The number of hydrogen-bond acceptors (Lipinski definition) is 2. The Kier molecular flexibility index (Phi) is 5.26. The van der Waals surface area contributed by atoms with Crippen molar-refractivity contribution in [1.82, 2.24) is 4.98 Å². The number of nitrogens with one attached hydrogen (secondary N) is 2. The van der Waals surface area contributed by atoms with Crippen LogP contribution in [0.1, 0.15) is 25.1 Å². The summed E-state index contributed by atoms with van der Waals surface area (Å²) in [6, 6.07) is 12.4. The molecule has 0 spiro atoms. The molecule has 0 aliphatic carbocycles. The van der Waals surface area contributed by atoms with Crippen LogP contribution in [0.3, 0.4) is 0 Å². The SMILES string of the molecule is CCN(CC)c1ccc(NC(=O)Cc2c(C)[nH]c3ccc(F)cc23)cc1. The van der Waals surface area contributed by atoms with Crippen LogP contribution in [-0.4, -0.2) is 24.0 Å². The Hall–Kier alpha value is -2.82. The number of carbonyl (C=O) groups excluding carboxylic acids is 1. The third-order valence-electron chi connectivity index (χ3n) is 4.70. The van der Waals surface area contributed by atoms with Gasteiger partial charge in [0.2, 0.25) is 5.91 Å². The summed E-state index contributed by atoms with van der Waals surface area (Å²) in [6.45, 7) is 8.02. The second-order valence-corrected chi connectivity index (χ2v) is 6.36. The first-order valence-electron chi connectivity index (χ1n) is 8.93. The van der Waals surface area contributed by atoms with E-state index < -0.39 is 0 Å². The number of anilines is 2. The van der Waals surface area contributed by atoms with Gasteiger partial charge in [-0.1, -0.05) is 0 Å². The summed E-state index contributed by atoms with van der Waals surface area (Å²) < 4.78 is 13.6. The van der Waals surface area contributed by atoms with Gasteiger partial charge in [0.1, 0.15) is 5.82 Å². The second-order valence-electron chi connectivity index (χ2n) is 6.36. The van der Waals surface area contributed by atoms with Gasteiger partial charge in [0, 0.05) is 41.1 Å². The van der Waals surface area contributed by atoms with E-state index in [0.717, 1.165) is 46.6 Å². The molecule has 0 aliphatic heterocycles. The molecule has 1 aromatic heterocycles. The van der Waals surface area contributed by atoms with Gasteiger partial charge in [-0.2, -0.15) is 0 Å². The van der Waals surface area contributed by atoms with Crippen LogP contribution < -0.4 is 10.2 Å². The van der Waals surface area contributed by atoms with E-state index in [-0.39, 0.29) is 18.1 Å². The van der Waals surface area contributed by atoms with Crippen molar-refractivity contribution in [3.8, 4) is 0 Å². The standard InChI is InChI=1S/C21H24FN3O/c1-4-25(5-2)17-9-7-16(8-10-17)24-21(26)13-18-14(3)23-20-11-6-15(22)12-19(18)20/h6-12,23H,4-5,13H2,1-3H3,(H,24,26). The zero-order valence-electron chi connectivity index (χ0n) is 15.4. The Labute approximate surface area is 153 Å². The van der Waals surface area contributed by atoms with Gasteiger partial charge in [-0.25, -0.2) is 4.39 Å². The van der Waals surface area contributed by atoms with E-state index in [9.17, 15) is 9.18 Å². The largest absolute Gasteiger partial charge is 0.372 e. The van der Waals surface area contributed by atoms with Gasteiger partial charge in [0.25, 0.3) is 0 Å². The third kappa shape index (κ3) is 3.72. The Morgan fingerprint density at radius 3 is 2.46 bits per heavy atom. The lowest BCUT2D eigenvalue weighted by molar-refractivity contribution is -0.115. The number of H-pyrrole nitrogens is 1. The van der Waals surface area contributed by atoms with Gasteiger partial charge in [0.15, 0.2) is 0 Å². The lowest BCUT2D eigenvalue weighted by Gasteiger charge is -2.21. The molecule has 0 unspecified atom stereocenters. The number of hydrogen-bond donors (Lipinski definition) is 2. The summed E-state index contributed by atoms with van der Waals surface area (Å²) in [7, 11) is 0. The van der Waals surface area contributed by atoms with Crippen LogP contribution in [0.2, 0.25) is 0 Å². The first kappa shape index (κ1) is 18.0. The average molecular weight is 353 g/mol. The molecule has 0 atom stereocenters. The number of aromatic nitrogens is 1. The first-order chi connectivity index (χ1) is 12.5. The quantitative estimate of drug-likeness (QED) is 0.678. The fourth-order valence-corrected chi connectivity index (χ4v) is 3.29. The highest BCUT2D eigenvalue weighted by Gasteiger charge is 2.13. The molecule has 136 valence electrons. The lowest BCUT2D eigenvalue weighted by Crippen LogP contribution is -2.21. The average Bonchev–Trinajstić information content (AvgIpc) is 2.92. The monoisotopic (exact) mass is 353 g/mol. The molecular formula is C21H24FN3O. The number of amides is 1. The van der Waals surface area contributed by atoms with Gasteiger partial charge in [-0.15, -0.1) is 0 Å². The maximum Gasteiger partial charge on any atom is 0.228 e. The molecule has 0 aliphatic rings. The number of aromatic amines is 1. The highest BCUT2D eigenvalue weighted by atomic mass is 19.1. The van der Waals surface area contributed by atoms with Crippen LogP contribution in [0, 0.1) is 12.7 Å². The molecule has 0 fully saturated rings. The van der Waals surface area contributed by atoms with Crippen molar-refractivity contribution < 1.29 is 9.18 Å². The number of aryl methyl sites for hydroxylation is 1. The van der Waals surface area contributed by atoms with Crippen LogP contribution in [0.4, 0.5) is 15.8 Å². The Bertz CT molecular complexity index is 911. The number of halogens is 1. The topological polar surface area (TPSA) is 48.1 Å². The van der Waals surface area contributed by atoms with Crippen molar-refractivity contribution in [2.75, 3.05) is 23.3 Å². The van der Waals surface area contributed by atoms with E-state index in [1.54, 1.807) is 6.07 Å². The Morgan fingerprint density at radius 2 is 1.81 bits per heavy atom. The number of rotatable bonds is 6. The van der Waals surface area contributed by atoms with E-state index in [0.29, 0.717) is 0 Å². The highest BCUT2D eigenvalue weighted by molar-refractivity contribution is 5.96. The summed E-state index contributed by atoms with van der Waals surface area (Å²) in [5, 5.41) is 3.68. The van der Waals surface area contributed by atoms with Crippen LogP contribution in [-0.2, 0) is 11.2 Å². The van der Waals surface area contributed by atoms with Crippen molar-refractivity contribution in [3.63, 3.8) is 0 Å². The Balaban J connectivity index is 1.73. The maximum atomic E-state index is 13.6. The van der Waals surface area contributed by atoms with Gasteiger partial charge >= 0.3 is 0 Å². The summed E-state index contributed by atoms with van der Waals surface area (Å²) in [5.74, 6) is -0.418. The third-order valence-corrected chi connectivity index (χ3v) is 4.70. The molecule has 5 heteroatoms. The smallest absolute Gasteiger partial charge is 0.228 e. The van der Waals surface area contributed by atoms with Crippen molar-refractivity contribution in [3.05, 3.63) is 59.5 Å². The summed E-state index contributed by atoms with van der Waals surface area (Å²) in [4.78, 5) is 17.9. The van der Waals surface area contributed by atoms with E-state index in [1.165, 1.54) is 12.1 Å². The molecule has 0 saturated carbocycles. The minimum atomic E-state index is -0.301. The van der Waals surface area contributed by atoms with Crippen molar-refractivity contribution in [2.45, 2.75) is 27.2 Å². The fourth-order valence-electron chi connectivity index (χ4n) is 3.29. The van der Waals surface area contributed by atoms with Gasteiger partial charge in [-0.05, 0) is 68.8 Å². The predicted octanol–water partition coefficient (Wildman–Crippen LogP) is 4.64. The van der Waals surface area contributed by atoms with E-state index in [1.807, 2.05) is 31.2 Å². The molecule has 2 N–H and O–H groups in total. The summed E-state index contributed by atoms with van der Waals surface area (Å²) in [5.41, 5.74) is 4.45. The molecular weight excluding hydrogens is 329 g/mol. The molecule has 26 heavy (non-hydrogen) atoms. The zero-order valence-corrected chi connectivity index (χ0v) is 15.4. The van der Waals surface area contributed by atoms with Crippen LogP contribution >= 0.6 is 0 Å². The van der Waals surface area contributed by atoms with Gasteiger partial charge in [0.05, 0.1) is 6.42 Å². The minimum absolute atomic E-state index is 0.117. The predicted molar refractivity (Wildman–Crippen MR) is 105 cm³/mol. The van der Waals surface area contributed by atoms with Crippen LogP contribution in [0.5, 0.6) is 0 Å². The zero-order chi connectivity index (χ0) is 18.7. The van der Waals surface area contributed by atoms with Crippen LogP contribution in [0.15, 0.2) is 42.5 Å². The molecule has 0 bridgehead atoms. The van der Waals surface area contributed by atoms with Gasteiger partial charge in [-0.3, -0.25) is 4.79 Å². The van der Waals surface area contributed by atoms with Crippen molar-refractivity contribution in [1.29, 1.82) is 0 Å². The maximum absolute atomic E-state index is 13.6. The molecule has 3 aromatic rings.